The zero-order valence-electron chi connectivity index (χ0n) is 19.3. The van der Waals surface area contributed by atoms with E-state index in [2.05, 4.69) is 0 Å². The van der Waals surface area contributed by atoms with Crippen molar-refractivity contribution in [2.45, 2.75) is 19.4 Å². The number of benzene rings is 2. The summed E-state index contributed by atoms with van der Waals surface area (Å²) in [6, 6.07) is 19.1. The molecule has 0 saturated heterocycles. The fourth-order valence-electron chi connectivity index (χ4n) is 3.98. The minimum absolute atomic E-state index is 0.0968. The van der Waals surface area contributed by atoms with Gasteiger partial charge in [-0.2, -0.15) is 5.10 Å². The zero-order valence-corrected chi connectivity index (χ0v) is 20.2. The first-order chi connectivity index (χ1) is 17.1. The van der Waals surface area contributed by atoms with Crippen LogP contribution in [0.2, 0.25) is 0 Å². The lowest BCUT2D eigenvalue weighted by Crippen LogP contribution is -2.26. The van der Waals surface area contributed by atoms with E-state index in [1.54, 1.807) is 41.5 Å². The normalized spacial score (nSPS) is 12.4. The first-order valence-electron chi connectivity index (χ1n) is 11.4. The van der Waals surface area contributed by atoms with Crippen LogP contribution in [-0.4, -0.2) is 46.6 Å². The van der Waals surface area contributed by atoms with E-state index in [1.807, 2.05) is 58.7 Å². The average molecular weight is 488 g/mol. The summed E-state index contributed by atoms with van der Waals surface area (Å²) in [6.45, 7) is 1.36. The number of ketones is 1. The fourth-order valence-corrected chi connectivity index (χ4v) is 4.72. The van der Waals surface area contributed by atoms with Gasteiger partial charge in [0.25, 0.3) is 0 Å². The molecule has 1 amide bonds. The highest BCUT2D eigenvalue weighted by Gasteiger charge is 2.20. The molecule has 2 aromatic carbocycles. The standard InChI is InChI=1S/C27H25N3O4S/c1-29(26(32)12-10-22(31)19-9-11-23-24(16-19)34-14-13-33-23)17-20-18-30(21-6-3-2-4-7-21)28-27(20)25-8-5-15-35-25/h2-9,11,15-16,18H,10,12-14,17H2,1H3. The molecular formula is C27H25N3O4S. The van der Waals surface area contributed by atoms with Gasteiger partial charge in [-0.15, -0.1) is 11.3 Å². The second-order valence-electron chi connectivity index (χ2n) is 8.29. The molecule has 8 heteroatoms. The fraction of sp³-hybridized carbons (Fsp3) is 0.222. The van der Waals surface area contributed by atoms with Crippen molar-refractivity contribution in [3.8, 4) is 27.8 Å². The number of carbonyl (C=O) groups is 2. The van der Waals surface area contributed by atoms with E-state index in [1.165, 1.54) is 0 Å². The van der Waals surface area contributed by atoms with Gasteiger partial charge in [-0.3, -0.25) is 9.59 Å². The minimum atomic E-state index is -0.0973. The Labute approximate surface area is 207 Å². The number of para-hydroxylation sites is 1. The van der Waals surface area contributed by atoms with Gasteiger partial charge in [-0.1, -0.05) is 24.3 Å². The van der Waals surface area contributed by atoms with Crippen LogP contribution in [0, 0.1) is 0 Å². The van der Waals surface area contributed by atoms with Crippen LogP contribution in [0.1, 0.15) is 28.8 Å². The largest absolute Gasteiger partial charge is 0.486 e. The van der Waals surface area contributed by atoms with Gasteiger partial charge in [0.15, 0.2) is 17.3 Å². The Hall–Kier alpha value is -3.91. The molecular weight excluding hydrogens is 462 g/mol. The lowest BCUT2D eigenvalue weighted by molar-refractivity contribution is -0.130. The summed E-state index contributed by atoms with van der Waals surface area (Å²) < 4.78 is 12.9. The van der Waals surface area contributed by atoms with Gasteiger partial charge in [-0.25, -0.2) is 4.68 Å². The van der Waals surface area contributed by atoms with Crippen LogP contribution >= 0.6 is 11.3 Å². The number of hydrogen-bond donors (Lipinski definition) is 0. The van der Waals surface area contributed by atoms with E-state index in [-0.39, 0.29) is 24.5 Å². The second-order valence-corrected chi connectivity index (χ2v) is 9.24. The number of aromatic nitrogens is 2. The SMILES string of the molecule is CN(Cc1cn(-c2ccccc2)nc1-c1cccs1)C(=O)CCC(=O)c1ccc2c(c1)OCCO2. The highest BCUT2D eigenvalue weighted by molar-refractivity contribution is 7.13. The highest BCUT2D eigenvalue weighted by atomic mass is 32.1. The van der Waals surface area contributed by atoms with Crippen LogP contribution in [0.15, 0.2) is 72.2 Å². The monoisotopic (exact) mass is 487 g/mol. The summed E-state index contributed by atoms with van der Waals surface area (Å²) in [5.41, 5.74) is 3.28. The number of ether oxygens (including phenoxy) is 2. The summed E-state index contributed by atoms with van der Waals surface area (Å²) >= 11 is 1.61. The third kappa shape index (κ3) is 5.12. The van der Waals surface area contributed by atoms with E-state index < -0.39 is 0 Å². The number of fused-ring (bicyclic) bond motifs is 1. The lowest BCUT2D eigenvalue weighted by atomic mass is 10.1. The Morgan fingerprint density at radius 3 is 2.57 bits per heavy atom. The number of thiophene rings is 1. The smallest absolute Gasteiger partial charge is 0.223 e. The van der Waals surface area contributed by atoms with Crippen LogP contribution < -0.4 is 9.47 Å². The van der Waals surface area contributed by atoms with Crippen molar-refractivity contribution in [1.82, 2.24) is 14.7 Å². The number of Topliss-reactive ketones (excluding diaryl/α,β-unsaturated/α-hetero) is 1. The van der Waals surface area contributed by atoms with E-state index in [0.29, 0.717) is 36.8 Å². The molecule has 35 heavy (non-hydrogen) atoms. The van der Waals surface area contributed by atoms with Gasteiger partial charge in [0.1, 0.15) is 18.9 Å². The third-order valence-corrected chi connectivity index (χ3v) is 6.71. The van der Waals surface area contributed by atoms with Crippen LogP contribution in [0.4, 0.5) is 0 Å². The first kappa shape index (κ1) is 22.9. The molecule has 7 nitrogen and oxygen atoms in total. The van der Waals surface area contributed by atoms with Crippen LogP contribution in [-0.2, 0) is 11.3 Å². The summed E-state index contributed by atoms with van der Waals surface area (Å²) in [4.78, 5) is 28.3. The Bertz CT molecular complexity index is 1330. The minimum Gasteiger partial charge on any atom is -0.486 e. The van der Waals surface area contributed by atoms with Crippen molar-refractivity contribution in [3.05, 3.63) is 83.4 Å². The molecule has 3 heterocycles. The maximum Gasteiger partial charge on any atom is 0.223 e. The van der Waals surface area contributed by atoms with E-state index in [4.69, 9.17) is 14.6 Å². The highest BCUT2D eigenvalue weighted by Crippen LogP contribution is 2.31. The molecule has 5 rings (SSSR count). The maximum atomic E-state index is 12.9. The number of carbonyl (C=O) groups excluding carboxylic acids is 2. The van der Waals surface area contributed by atoms with Gasteiger partial charge >= 0.3 is 0 Å². The molecule has 4 aromatic rings. The topological polar surface area (TPSA) is 73.7 Å². The molecule has 0 unspecified atom stereocenters. The van der Waals surface area contributed by atoms with Crippen molar-refractivity contribution < 1.29 is 19.1 Å². The summed E-state index contributed by atoms with van der Waals surface area (Å²) in [5, 5.41) is 6.81. The Morgan fingerprint density at radius 1 is 1.00 bits per heavy atom. The molecule has 0 aliphatic carbocycles. The summed E-state index contributed by atoms with van der Waals surface area (Å²) in [5.74, 6) is 1.02. The van der Waals surface area contributed by atoms with Crippen LogP contribution in [0.5, 0.6) is 11.5 Å². The summed E-state index contributed by atoms with van der Waals surface area (Å²) in [7, 11) is 1.76. The Morgan fingerprint density at radius 2 is 1.80 bits per heavy atom. The first-order valence-corrected chi connectivity index (χ1v) is 12.3. The molecule has 1 aliphatic heterocycles. The number of nitrogens with zero attached hydrogens (tertiary/aromatic N) is 3. The van der Waals surface area contributed by atoms with Crippen molar-refractivity contribution in [1.29, 1.82) is 0 Å². The molecule has 0 radical (unpaired) electrons. The van der Waals surface area contributed by atoms with Gasteiger partial charge in [0, 0.05) is 43.8 Å². The maximum absolute atomic E-state index is 12.9. The van der Waals surface area contributed by atoms with E-state index in [9.17, 15) is 9.59 Å². The average Bonchev–Trinajstić information content (AvgIpc) is 3.57. The number of amides is 1. The molecule has 0 fully saturated rings. The van der Waals surface area contributed by atoms with Gasteiger partial charge in [-0.05, 0) is 41.8 Å². The molecule has 2 aromatic heterocycles. The van der Waals surface area contributed by atoms with Gasteiger partial charge < -0.3 is 14.4 Å². The second kappa shape index (κ2) is 10.1. The van der Waals surface area contributed by atoms with E-state index in [0.717, 1.165) is 21.8 Å². The third-order valence-electron chi connectivity index (χ3n) is 5.83. The van der Waals surface area contributed by atoms with Gasteiger partial charge in [0.05, 0.1) is 10.6 Å². The van der Waals surface area contributed by atoms with Crippen molar-refractivity contribution in [2.24, 2.45) is 0 Å². The van der Waals surface area contributed by atoms with Crippen molar-refractivity contribution >= 4 is 23.0 Å². The summed E-state index contributed by atoms with van der Waals surface area (Å²) in [6.07, 6.45) is 2.23. The molecule has 1 aliphatic rings. The predicted molar refractivity (Wildman–Crippen MR) is 134 cm³/mol. The zero-order chi connectivity index (χ0) is 24.2. The van der Waals surface area contributed by atoms with Crippen LogP contribution in [0.3, 0.4) is 0 Å². The quantitative estimate of drug-likeness (QED) is 0.327. The van der Waals surface area contributed by atoms with Crippen molar-refractivity contribution in [3.63, 3.8) is 0 Å². The van der Waals surface area contributed by atoms with Crippen LogP contribution in [0.25, 0.3) is 16.3 Å². The number of rotatable bonds is 8. The lowest BCUT2D eigenvalue weighted by Gasteiger charge is -2.19. The van der Waals surface area contributed by atoms with E-state index >= 15 is 0 Å². The molecule has 0 N–H and O–H groups in total. The number of hydrogen-bond acceptors (Lipinski definition) is 6. The molecule has 0 bridgehead atoms. The molecule has 0 atom stereocenters. The van der Waals surface area contributed by atoms with Crippen molar-refractivity contribution in [2.75, 3.05) is 20.3 Å². The van der Waals surface area contributed by atoms with Gasteiger partial charge in [0.2, 0.25) is 5.91 Å². The Balaban J connectivity index is 1.26. The predicted octanol–water partition coefficient (Wildman–Crippen LogP) is 4.99. The Kier molecular flexibility index (Phi) is 6.63. The molecule has 178 valence electrons. The molecule has 0 saturated carbocycles. The molecule has 0 spiro atoms.